The molecule has 1 aromatic heterocycles. The third kappa shape index (κ3) is 3.33. The van der Waals surface area contributed by atoms with Crippen LogP contribution in [-0.4, -0.2) is 17.1 Å². The van der Waals surface area contributed by atoms with E-state index in [1.807, 2.05) is 66.7 Å². The zero-order chi connectivity index (χ0) is 17.8. The van der Waals surface area contributed by atoms with Crippen molar-refractivity contribution in [3.63, 3.8) is 0 Å². The summed E-state index contributed by atoms with van der Waals surface area (Å²) in [5, 5.41) is 0. The summed E-state index contributed by atoms with van der Waals surface area (Å²) in [5.74, 6) is 1.52. The maximum Gasteiger partial charge on any atom is 0.160 e. The molecule has 1 heterocycles. The van der Waals surface area contributed by atoms with Crippen LogP contribution in [0, 0.1) is 0 Å². The number of nitrogens with zero attached hydrogens (tertiary/aromatic N) is 2. The van der Waals surface area contributed by atoms with Gasteiger partial charge >= 0.3 is 0 Å². The lowest BCUT2D eigenvalue weighted by Crippen LogP contribution is -1.96. The van der Waals surface area contributed by atoms with Crippen LogP contribution in [0.25, 0.3) is 33.9 Å². The zero-order valence-electron chi connectivity index (χ0n) is 14.5. The van der Waals surface area contributed by atoms with Gasteiger partial charge in [-0.15, -0.1) is 0 Å². The van der Waals surface area contributed by atoms with Crippen molar-refractivity contribution in [3.8, 4) is 39.7 Å². The fraction of sp³-hybridized carbons (Fsp3) is 0.0435. The van der Waals surface area contributed by atoms with Crippen LogP contribution in [0.1, 0.15) is 0 Å². The summed E-state index contributed by atoms with van der Waals surface area (Å²) in [6.45, 7) is 0. The normalized spacial score (nSPS) is 10.5. The van der Waals surface area contributed by atoms with Gasteiger partial charge in [0, 0.05) is 16.7 Å². The minimum absolute atomic E-state index is 0.702. The van der Waals surface area contributed by atoms with Gasteiger partial charge in [0.2, 0.25) is 0 Å². The highest BCUT2D eigenvalue weighted by molar-refractivity contribution is 5.71. The SMILES string of the molecule is COc1ccc(-c2nc(-c3ccccc3)cc(-c3ccccc3)n2)cc1. The minimum Gasteiger partial charge on any atom is -0.497 e. The van der Waals surface area contributed by atoms with E-state index in [0.29, 0.717) is 5.82 Å². The zero-order valence-corrected chi connectivity index (χ0v) is 14.5. The molecule has 0 unspecified atom stereocenters. The molecule has 4 aromatic rings. The van der Waals surface area contributed by atoms with Crippen molar-refractivity contribution in [1.82, 2.24) is 9.97 Å². The predicted molar refractivity (Wildman–Crippen MR) is 105 cm³/mol. The monoisotopic (exact) mass is 338 g/mol. The van der Waals surface area contributed by atoms with Crippen LogP contribution in [-0.2, 0) is 0 Å². The molecular formula is C23H18N2O. The van der Waals surface area contributed by atoms with Gasteiger partial charge in [-0.3, -0.25) is 0 Å². The van der Waals surface area contributed by atoms with Crippen LogP contribution in [0.15, 0.2) is 91.0 Å². The first-order valence-corrected chi connectivity index (χ1v) is 8.48. The van der Waals surface area contributed by atoms with Crippen LogP contribution in [0.5, 0.6) is 5.75 Å². The molecule has 0 aliphatic heterocycles. The Morgan fingerprint density at radius 2 is 1.08 bits per heavy atom. The largest absolute Gasteiger partial charge is 0.497 e. The Kier molecular flexibility index (Phi) is 4.44. The number of methoxy groups -OCH3 is 1. The van der Waals surface area contributed by atoms with E-state index >= 15 is 0 Å². The van der Waals surface area contributed by atoms with Crippen LogP contribution < -0.4 is 4.74 Å². The average Bonchev–Trinajstić information content (AvgIpc) is 2.75. The topological polar surface area (TPSA) is 35.0 Å². The molecule has 0 N–H and O–H groups in total. The molecule has 3 aromatic carbocycles. The van der Waals surface area contributed by atoms with E-state index in [4.69, 9.17) is 14.7 Å². The lowest BCUT2D eigenvalue weighted by molar-refractivity contribution is 0.415. The van der Waals surface area contributed by atoms with Gasteiger partial charge in [-0.25, -0.2) is 9.97 Å². The quantitative estimate of drug-likeness (QED) is 0.494. The number of benzene rings is 3. The summed E-state index contributed by atoms with van der Waals surface area (Å²) in [7, 11) is 1.66. The van der Waals surface area contributed by atoms with Gasteiger partial charge < -0.3 is 4.74 Å². The smallest absolute Gasteiger partial charge is 0.160 e. The fourth-order valence-electron chi connectivity index (χ4n) is 2.83. The molecule has 0 saturated carbocycles. The van der Waals surface area contributed by atoms with Crippen molar-refractivity contribution >= 4 is 0 Å². The molecular weight excluding hydrogens is 320 g/mol. The highest BCUT2D eigenvalue weighted by Crippen LogP contribution is 2.28. The summed E-state index contributed by atoms with van der Waals surface area (Å²) < 4.78 is 5.25. The van der Waals surface area contributed by atoms with E-state index in [9.17, 15) is 0 Å². The molecule has 3 heteroatoms. The first-order valence-electron chi connectivity index (χ1n) is 8.48. The molecule has 126 valence electrons. The van der Waals surface area contributed by atoms with Crippen LogP contribution in [0.2, 0.25) is 0 Å². The summed E-state index contributed by atoms with van der Waals surface area (Å²) in [5.41, 5.74) is 4.92. The molecule has 0 atom stereocenters. The Balaban J connectivity index is 1.87. The Morgan fingerprint density at radius 1 is 0.577 bits per heavy atom. The lowest BCUT2D eigenvalue weighted by atomic mass is 10.1. The summed E-state index contributed by atoms with van der Waals surface area (Å²) >= 11 is 0. The Bertz CT molecular complexity index is 940. The molecule has 0 saturated heterocycles. The van der Waals surface area contributed by atoms with Gasteiger partial charge in [0.15, 0.2) is 5.82 Å². The highest BCUT2D eigenvalue weighted by atomic mass is 16.5. The van der Waals surface area contributed by atoms with Gasteiger partial charge in [0.05, 0.1) is 18.5 Å². The van der Waals surface area contributed by atoms with Gasteiger partial charge in [0.1, 0.15) is 5.75 Å². The molecule has 3 nitrogen and oxygen atoms in total. The lowest BCUT2D eigenvalue weighted by Gasteiger charge is -2.09. The molecule has 0 aliphatic carbocycles. The van der Waals surface area contributed by atoms with Crippen LogP contribution in [0.4, 0.5) is 0 Å². The van der Waals surface area contributed by atoms with Crippen molar-refractivity contribution in [2.75, 3.05) is 7.11 Å². The maximum absolute atomic E-state index is 5.25. The second kappa shape index (κ2) is 7.19. The maximum atomic E-state index is 5.25. The molecule has 0 aliphatic rings. The van der Waals surface area contributed by atoms with Gasteiger partial charge in [-0.1, -0.05) is 60.7 Å². The minimum atomic E-state index is 0.702. The van der Waals surface area contributed by atoms with E-state index in [1.165, 1.54) is 0 Å². The summed E-state index contributed by atoms with van der Waals surface area (Å²) in [4.78, 5) is 9.61. The molecule has 0 spiro atoms. The number of hydrogen-bond donors (Lipinski definition) is 0. The first kappa shape index (κ1) is 16.0. The van der Waals surface area contributed by atoms with Crippen molar-refractivity contribution in [2.24, 2.45) is 0 Å². The predicted octanol–water partition coefficient (Wildman–Crippen LogP) is 5.49. The van der Waals surface area contributed by atoms with E-state index < -0.39 is 0 Å². The third-order valence-electron chi connectivity index (χ3n) is 4.21. The Hall–Kier alpha value is -3.46. The Labute approximate surface area is 153 Å². The van der Waals surface area contributed by atoms with Gasteiger partial charge in [-0.05, 0) is 30.3 Å². The average molecular weight is 338 g/mol. The van der Waals surface area contributed by atoms with Crippen LogP contribution >= 0.6 is 0 Å². The van der Waals surface area contributed by atoms with E-state index in [2.05, 4.69) is 24.3 Å². The van der Waals surface area contributed by atoms with Crippen molar-refractivity contribution < 1.29 is 4.74 Å². The van der Waals surface area contributed by atoms with Crippen molar-refractivity contribution in [1.29, 1.82) is 0 Å². The van der Waals surface area contributed by atoms with Crippen LogP contribution in [0.3, 0.4) is 0 Å². The molecule has 0 radical (unpaired) electrons. The third-order valence-corrected chi connectivity index (χ3v) is 4.21. The first-order chi connectivity index (χ1) is 12.8. The Morgan fingerprint density at radius 3 is 1.54 bits per heavy atom. The molecule has 0 fully saturated rings. The standard InChI is InChI=1S/C23H18N2O/c1-26-20-14-12-19(13-15-20)23-24-21(17-8-4-2-5-9-17)16-22(25-23)18-10-6-3-7-11-18/h2-16H,1H3. The number of ether oxygens (including phenoxy) is 1. The van der Waals surface area contributed by atoms with E-state index in [1.54, 1.807) is 7.11 Å². The highest BCUT2D eigenvalue weighted by Gasteiger charge is 2.10. The molecule has 26 heavy (non-hydrogen) atoms. The molecule has 0 amide bonds. The molecule has 0 bridgehead atoms. The van der Waals surface area contributed by atoms with E-state index in [0.717, 1.165) is 33.8 Å². The van der Waals surface area contributed by atoms with E-state index in [-0.39, 0.29) is 0 Å². The fourth-order valence-corrected chi connectivity index (χ4v) is 2.83. The number of rotatable bonds is 4. The van der Waals surface area contributed by atoms with Crippen molar-refractivity contribution in [2.45, 2.75) is 0 Å². The van der Waals surface area contributed by atoms with Gasteiger partial charge in [0.25, 0.3) is 0 Å². The number of aromatic nitrogens is 2. The van der Waals surface area contributed by atoms with Gasteiger partial charge in [-0.2, -0.15) is 0 Å². The summed E-state index contributed by atoms with van der Waals surface area (Å²) in [6.07, 6.45) is 0. The summed E-state index contributed by atoms with van der Waals surface area (Å²) in [6, 6.07) is 30.2. The van der Waals surface area contributed by atoms with Crippen molar-refractivity contribution in [3.05, 3.63) is 91.0 Å². The second-order valence-electron chi connectivity index (χ2n) is 5.92. The second-order valence-corrected chi connectivity index (χ2v) is 5.92. The molecule has 4 rings (SSSR count). The number of hydrogen-bond acceptors (Lipinski definition) is 3.